The minimum absolute atomic E-state index is 0.0150. The SMILES string of the molecule is Cc1cc(C(=O)N(C)CCn2cnc3ccccc32)c(C)o1. The highest BCUT2D eigenvalue weighted by Gasteiger charge is 2.17. The van der Waals surface area contributed by atoms with E-state index in [4.69, 9.17) is 4.42 Å². The van der Waals surface area contributed by atoms with Crippen LogP contribution in [0.15, 0.2) is 41.1 Å². The molecule has 0 fully saturated rings. The smallest absolute Gasteiger partial charge is 0.257 e. The first kappa shape index (κ1) is 14.4. The second-order valence-corrected chi connectivity index (χ2v) is 5.48. The maximum atomic E-state index is 12.4. The van der Waals surface area contributed by atoms with E-state index in [0.29, 0.717) is 24.4 Å². The molecule has 3 aromatic rings. The molecule has 22 heavy (non-hydrogen) atoms. The Hall–Kier alpha value is -2.56. The summed E-state index contributed by atoms with van der Waals surface area (Å²) < 4.78 is 7.49. The van der Waals surface area contributed by atoms with E-state index in [1.807, 2.05) is 51.5 Å². The van der Waals surface area contributed by atoms with E-state index in [1.54, 1.807) is 11.0 Å². The molecule has 0 aliphatic carbocycles. The van der Waals surface area contributed by atoms with Gasteiger partial charge in [-0.05, 0) is 32.0 Å². The number of likely N-dealkylation sites (N-methyl/N-ethyl adjacent to an activating group) is 1. The fourth-order valence-electron chi connectivity index (χ4n) is 2.60. The zero-order valence-corrected chi connectivity index (χ0v) is 13.0. The van der Waals surface area contributed by atoms with Crippen molar-refractivity contribution in [1.29, 1.82) is 0 Å². The first-order chi connectivity index (χ1) is 10.6. The van der Waals surface area contributed by atoms with E-state index in [-0.39, 0.29) is 5.91 Å². The minimum atomic E-state index is -0.0150. The van der Waals surface area contributed by atoms with E-state index >= 15 is 0 Å². The third-order valence-electron chi connectivity index (χ3n) is 3.82. The Kier molecular flexibility index (Phi) is 3.71. The lowest BCUT2D eigenvalue weighted by Crippen LogP contribution is -2.30. The van der Waals surface area contributed by atoms with Crippen LogP contribution in [-0.2, 0) is 6.54 Å². The second kappa shape index (κ2) is 5.67. The number of imidazole rings is 1. The van der Waals surface area contributed by atoms with E-state index in [9.17, 15) is 4.79 Å². The Balaban J connectivity index is 1.71. The van der Waals surface area contributed by atoms with Crippen LogP contribution < -0.4 is 0 Å². The average Bonchev–Trinajstić information content (AvgIpc) is 3.07. The van der Waals surface area contributed by atoms with Crippen molar-refractivity contribution in [3.8, 4) is 0 Å². The van der Waals surface area contributed by atoms with E-state index in [0.717, 1.165) is 16.8 Å². The predicted molar refractivity (Wildman–Crippen MR) is 84.9 cm³/mol. The number of aryl methyl sites for hydroxylation is 2. The molecule has 0 aliphatic heterocycles. The molecule has 1 amide bonds. The average molecular weight is 297 g/mol. The van der Waals surface area contributed by atoms with Crippen LogP contribution in [0.5, 0.6) is 0 Å². The van der Waals surface area contributed by atoms with Gasteiger partial charge in [-0.15, -0.1) is 0 Å². The first-order valence-electron chi connectivity index (χ1n) is 7.28. The number of fused-ring (bicyclic) bond motifs is 1. The van der Waals surface area contributed by atoms with Gasteiger partial charge in [-0.2, -0.15) is 0 Å². The van der Waals surface area contributed by atoms with Crippen LogP contribution in [0.3, 0.4) is 0 Å². The van der Waals surface area contributed by atoms with Crippen LogP contribution >= 0.6 is 0 Å². The Labute approximate surface area is 129 Å². The van der Waals surface area contributed by atoms with Gasteiger partial charge in [0.2, 0.25) is 0 Å². The number of aromatic nitrogens is 2. The summed E-state index contributed by atoms with van der Waals surface area (Å²) in [5.74, 6) is 1.41. The molecule has 2 heterocycles. The molecule has 0 unspecified atom stereocenters. The van der Waals surface area contributed by atoms with Crippen LogP contribution in [0.4, 0.5) is 0 Å². The molecular weight excluding hydrogens is 278 g/mol. The predicted octanol–water partition coefficient (Wildman–Crippen LogP) is 3.02. The zero-order valence-electron chi connectivity index (χ0n) is 13.0. The fraction of sp³-hybridized carbons (Fsp3) is 0.294. The van der Waals surface area contributed by atoms with E-state index in [1.165, 1.54) is 0 Å². The van der Waals surface area contributed by atoms with Crippen LogP contribution in [0.2, 0.25) is 0 Å². The molecule has 114 valence electrons. The molecule has 0 spiro atoms. The third kappa shape index (κ3) is 2.62. The van der Waals surface area contributed by atoms with Gasteiger partial charge in [-0.3, -0.25) is 4.79 Å². The molecule has 3 rings (SSSR count). The number of hydrogen-bond acceptors (Lipinski definition) is 3. The van der Waals surface area contributed by atoms with Crippen molar-refractivity contribution in [3.05, 3.63) is 53.7 Å². The van der Waals surface area contributed by atoms with Gasteiger partial charge in [-0.25, -0.2) is 4.98 Å². The molecule has 0 saturated heterocycles. The monoisotopic (exact) mass is 297 g/mol. The highest BCUT2D eigenvalue weighted by Crippen LogP contribution is 2.16. The van der Waals surface area contributed by atoms with Crippen molar-refractivity contribution in [1.82, 2.24) is 14.5 Å². The molecule has 0 N–H and O–H groups in total. The molecular formula is C17H19N3O2. The Morgan fingerprint density at radius 1 is 1.32 bits per heavy atom. The van der Waals surface area contributed by atoms with Gasteiger partial charge in [0.1, 0.15) is 11.5 Å². The number of carbonyl (C=O) groups excluding carboxylic acids is 1. The summed E-state index contributed by atoms with van der Waals surface area (Å²) in [7, 11) is 1.81. The molecule has 1 aromatic carbocycles. The molecule has 0 saturated carbocycles. The minimum Gasteiger partial charge on any atom is -0.466 e. The largest absolute Gasteiger partial charge is 0.466 e. The number of rotatable bonds is 4. The molecule has 5 nitrogen and oxygen atoms in total. The Morgan fingerprint density at radius 3 is 2.82 bits per heavy atom. The van der Waals surface area contributed by atoms with Crippen LogP contribution in [0.25, 0.3) is 11.0 Å². The standard InChI is InChI=1S/C17H19N3O2/c1-12-10-14(13(2)22-12)17(21)19(3)8-9-20-11-18-15-6-4-5-7-16(15)20/h4-7,10-11H,8-9H2,1-3H3. The summed E-state index contributed by atoms with van der Waals surface area (Å²) in [4.78, 5) is 18.5. The fourth-order valence-corrected chi connectivity index (χ4v) is 2.60. The van der Waals surface area contributed by atoms with Crippen molar-refractivity contribution < 1.29 is 9.21 Å². The molecule has 2 aromatic heterocycles. The van der Waals surface area contributed by atoms with Crippen LogP contribution in [0, 0.1) is 13.8 Å². The van der Waals surface area contributed by atoms with Gasteiger partial charge in [0.15, 0.2) is 0 Å². The number of hydrogen-bond donors (Lipinski definition) is 0. The maximum Gasteiger partial charge on any atom is 0.257 e. The van der Waals surface area contributed by atoms with Crippen molar-refractivity contribution in [2.75, 3.05) is 13.6 Å². The first-order valence-corrected chi connectivity index (χ1v) is 7.28. The van der Waals surface area contributed by atoms with Gasteiger partial charge < -0.3 is 13.9 Å². The number of para-hydroxylation sites is 2. The molecule has 0 aliphatic rings. The quantitative estimate of drug-likeness (QED) is 0.744. The number of benzene rings is 1. The summed E-state index contributed by atoms with van der Waals surface area (Å²) in [6.07, 6.45) is 1.82. The molecule has 0 radical (unpaired) electrons. The van der Waals surface area contributed by atoms with Gasteiger partial charge in [0.05, 0.1) is 22.9 Å². The van der Waals surface area contributed by atoms with Crippen molar-refractivity contribution in [3.63, 3.8) is 0 Å². The Bertz CT molecular complexity index is 816. The maximum absolute atomic E-state index is 12.4. The van der Waals surface area contributed by atoms with Gasteiger partial charge >= 0.3 is 0 Å². The molecule has 0 atom stereocenters. The number of nitrogens with zero attached hydrogens (tertiary/aromatic N) is 3. The van der Waals surface area contributed by atoms with E-state index < -0.39 is 0 Å². The molecule has 0 bridgehead atoms. The summed E-state index contributed by atoms with van der Waals surface area (Å²) >= 11 is 0. The lowest BCUT2D eigenvalue weighted by Gasteiger charge is -2.17. The van der Waals surface area contributed by atoms with Crippen LogP contribution in [-0.4, -0.2) is 34.0 Å². The highest BCUT2D eigenvalue weighted by molar-refractivity contribution is 5.95. The summed E-state index contributed by atoms with van der Waals surface area (Å²) in [6, 6.07) is 9.78. The summed E-state index contributed by atoms with van der Waals surface area (Å²) in [5.41, 5.74) is 2.69. The van der Waals surface area contributed by atoms with Gasteiger partial charge in [0.25, 0.3) is 5.91 Å². The zero-order chi connectivity index (χ0) is 15.7. The lowest BCUT2D eigenvalue weighted by atomic mass is 10.2. The summed E-state index contributed by atoms with van der Waals surface area (Å²) in [5, 5.41) is 0. The van der Waals surface area contributed by atoms with Crippen molar-refractivity contribution in [2.24, 2.45) is 0 Å². The van der Waals surface area contributed by atoms with E-state index in [2.05, 4.69) is 9.55 Å². The lowest BCUT2D eigenvalue weighted by molar-refractivity contribution is 0.0789. The summed E-state index contributed by atoms with van der Waals surface area (Å²) in [6.45, 7) is 4.99. The number of furan rings is 1. The van der Waals surface area contributed by atoms with Gasteiger partial charge in [0, 0.05) is 20.1 Å². The third-order valence-corrected chi connectivity index (χ3v) is 3.82. The van der Waals surface area contributed by atoms with Gasteiger partial charge in [-0.1, -0.05) is 12.1 Å². The van der Waals surface area contributed by atoms with Crippen LogP contribution in [0.1, 0.15) is 21.9 Å². The number of carbonyl (C=O) groups is 1. The molecule has 5 heteroatoms. The second-order valence-electron chi connectivity index (χ2n) is 5.48. The van der Waals surface area contributed by atoms with Crippen molar-refractivity contribution in [2.45, 2.75) is 20.4 Å². The Morgan fingerprint density at radius 2 is 2.09 bits per heavy atom. The number of amides is 1. The highest BCUT2D eigenvalue weighted by atomic mass is 16.3. The van der Waals surface area contributed by atoms with Crippen molar-refractivity contribution >= 4 is 16.9 Å². The normalized spacial score (nSPS) is 11.0. The topological polar surface area (TPSA) is 51.3 Å².